The first kappa shape index (κ1) is 21.5. The lowest BCUT2D eigenvalue weighted by atomic mass is 10.2. The summed E-state index contributed by atoms with van der Waals surface area (Å²) < 4.78 is 46.6. The summed E-state index contributed by atoms with van der Waals surface area (Å²) in [6.45, 7) is 4.98. The number of halogens is 3. The Balaban J connectivity index is 1.82. The molecule has 0 spiro atoms. The second-order valence-electron chi connectivity index (χ2n) is 7.78. The normalized spacial score (nSPS) is 20.6. The van der Waals surface area contributed by atoms with Crippen LogP contribution < -0.4 is 15.5 Å². The molecule has 0 amide bonds. The van der Waals surface area contributed by atoms with Gasteiger partial charge in [-0.3, -0.25) is 0 Å². The summed E-state index contributed by atoms with van der Waals surface area (Å²) in [5.74, 6) is 0.117. The van der Waals surface area contributed by atoms with E-state index in [1.165, 1.54) is 0 Å². The molecule has 2 aliphatic heterocycles. The molecule has 2 aromatic rings. The van der Waals surface area contributed by atoms with Crippen molar-refractivity contribution in [2.75, 3.05) is 48.3 Å². The van der Waals surface area contributed by atoms with Crippen LogP contribution in [0.1, 0.15) is 38.3 Å². The van der Waals surface area contributed by atoms with Crippen LogP contribution >= 0.6 is 0 Å². The molecular weight excluding hydrogens is 413 g/mol. The minimum atomic E-state index is -4.73. The van der Waals surface area contributed by atoms with E-state index in [0.29, 0.717) is 31.6 Å². The topological polar surface area (TPSA) is 106 Å². The molecule has 12 heteroatoms. The molecule has 2 aromatic heterocycles. The molecule has 1 atom stereocenters. The zero-order valence-electron chi connectivity index (χ0n) is 17.3. The standard InChI is InChI=1S/C19H25F3N8O/c1-12-11-30(8-9-31-12)18-27-15(13-10-24-16(23)25-14(13)19(20,21)22)26-17(28-18)29-6-4-2-3-5-7-29/h10,12H,2-9,11H2,1H3,(H2,23,24,25)/t12-/m1/s1. The Morgan fingerprint density at radius 2 is 1.65 bits per heavy atom. The Kier molecular flexibility index (Phi) is 6.08. The van der Waals surface area contributed by atoms with Crippen molar-refractivity contribution >= 4 is 17.8 Å². The third-order valence-corrected chi connectivity index (χ3v) is 5.34. The summed E-state index contributed by atoms with van der Waals surface area (Å²) in [6, 6.07) is 0. The van der Waals surface area contributed by atoms with E-state index in [4.69, 9.17) is 10.5 Å². The Labute approximate surface area is 177 Å². The van der Waals surface area contributed by atoms with Gasteiger partial charge in [0.2, 0.25) is 17.8 Å². The van der Waals surface area contributed by atoms with Crippen LogP contribution in [0, 0.1) is 0 Å². The van der Waals surface area contributed by atoms with E-state index >= 15 is 0 Å². The predicted octanol–water partition coefficient (Wildman–Crippen LogP) is 2.54. The highest BCUT2D eigenvalue weighted by Gasteiger charge is 2.38. The second-order valence-corrected chi connectivity index (χ2v) is 7.78. The number of hydrogen-bond donors (Lipinski definition) is 1. The van der Waals surface area contributed by atoms with E-state index in [1.807, 2.05) is 16.7 Å². The summed E-state index contributed by atoms with van der Waals surface area (Å²) in [5, 5.41) is 0. The van der Waals surface area contributed by atoms with Crippen LogP contribution in [-0.2, 0) is 10.9 Å². The Bertz CT molecular complexity index is 897. The number of aromatic nitrogens is 5. The van der Waals surface area contributed by atoms with Crippen molar-refractivity contribution in [1.29, 1.82) is 0 Å². The molecule has 0 bridgehead atoms. The van der Waals surface area contributed by atoms with Crippen molar-refractivity contribution in [3.05, 3.63) is 11.9 Å². The molecule has 2 fully saturated rings. The predicted molar refractivity (Wildman–Crippen MR) is 109 cm³/mol. The molecule has 31 heavy (non-hydrogen) atoms. The zero-order chi connectivity index (χ0) is 22.0. The largest absolute Gasteiger partial charge is 0.434 e. The number of rotatable bonds is 3. The number of nitrogen functional groups attached to an aromatic ring is 1. The lowest BCUT2D eigenvalue weighted by Crippen LogP contribution is -2.42. The highest BCUT2D eigenvalue weighted by Crippen LogP contribution is 2.35. The lowest BCUT2D eigenvalue weighted by molar-refractivity contribution is -0.140. The van der Waals surface area contributed by atoms with Gasteiger partial charge in [-0.2, -0.15) is 28.1 Å². The quantitative estimate of drug-likeness (QED) is 0.774. The fraction of sp³-hybridized carbons (Fsp3) is 0.632. The summed E-state index contributed by atoms with van der Waals surface area (Å²) in [5.41, 5.74) is 3.95. The van der Waals surface area contributed by atoms with Crippen molar-refractivity contribution in [3.8, 4) is 11.4 Å². The molecule has 2 N–H and O–H groups in total. The third-order valence-electron chi connectivity index (χ3n) is 5.34. The molecule has 4 rings (SSSR count). The summed E-state index contributed by atoms with van der Waals surface area (Å²) in [4.78, 5) is 24.5. The molecule has 2 saturated heterocycles. The first-order chi connectivity index (χ1) is 14.8. The maximum atomic E-state index is 13.7. The highest BCUT2D eigenvalue weighted by molar-refractivity contribution is 5.62. The van der Waals surface area contributed by atoms with E-state index in [9.17, 15) is 13.2 Å². The first-order valence-electron chi connectivity index (χ1n) is 10.4. The van der Waals surface area contributed by atoms with Crippen LogP contribution in [0.25, 0.3) is 11.4 Å². The van der Waals surface area contributed by atoms with Crippen molar-refractivity contribution in [2.24, 2.45) is 0 Å². The highest BCUT2D eigenvalue weighted by atomic mass is 19.4. The Morgan fingerprint density at radius 3 is 2.29 bits per heavy atom. The van der Waals surface area contributed by atoms with Crippen molar-refractivity contribution < 1.29 is 17.9 Å². The van der Waals surface area contributed by atoms with Crippen molar-refractivity contribution in [2.45, 2.75) is 44.9 Å². The zero-order valence-corrected chi connectivity index (χ0v) is 17.3. The summed E-state index contributed by atoms with van der Waals surface area (Å²) in [7, 11) is 0. The van der Waals surface area contributed by atoms with Gasteiger partial charge in [-0.05, 0) is 19.8 Å². The molecule has 0 saturated carbocycles. The number of anilines is 3. The van der Waals surface area contributed by atoms with Crippen LogP contribution in [0.4, 0.5) is 31.0 Å². The average Bonchev–Trinajstić information content (AvgIpc) is 3.02. The van der Waals surface area contributed by atoms with Gasteiger partial charge in [0, 0.05) is 32.4 Å². The molecule has 168 valence electrons. The van der Waals surface area contributed by atoms with Gasteiger partial charge in [0.05, 0.1) is 18.3 Å². The fourth-order valence-corrected chi connectivity index (χ4v) is 3.80. The van der Waals surface area contributed by atoms with Crippen LogP contribution in [0.5, 0.6) is 0 Å². The molecule has 0 unspecified atom stereocenters. The van der Waals surface area contributed by atoms with E-state index in [0.717, 1.165) is 45.0 Å². The van der Waals surface area contributed by atoms with Gasteiger partial charge in [-0.1, -0.05) is 12.8 Å². The van der Waals surface area contributed by atoms with Crippen LogP contribution in [0.2, 0.25) is 0 Å². The van der Waals surface area contributed by atoms with E-state index < -0.39 is 17.8 Å². The number of hydrogen-bond acceptors (Lipinski definition) is 9. The third kappa shape index (κ3) is 4.94. The SMILES string of the molecule is C[C@@H]1CN(c2nc(-c3cnc(N)nc3C(F)(F)F)nc(N3CCCCCC3)n2)CCO1. The van der Waals surface area contributed by atoms with E-state index in [2.05, 4.69) is 24.9 Å². The van der Waals surface area contributed by atoms with Gasteiger partial charge < -0.3 is 20.3 Å². The second kappa shape index (κ2) is 8.77. The Morgan fingerprint density at radius 1 is 0.968 bits per heavy atom. The molecule has 9 nitrogen and oxygen atoms in total. The molecule has 0 radical (unpaired) electrons. The van der Waals surface area contributed by atoms with Crippen LogP contribution in [0.15, 0.2) is 6.20 Å². The maximum absolute atomic E-state index is 13.7. The number of nitrogens with zero attached hydrogens (tertiary/aromatic N) is 7. The van der Waals surface area contributed by atoms with Gasteiger partial charge in [0.25, 0.3) is 0 Å². The smallest absolute Gasteiger partial charge is 0.375 e. The lowest BCUT2D eigenvalue weighted by Gasteiger charge is -2.32. The minimum Gasteiger partial charge on any atom is -0.375 e. The number of ether oxygens (including phenoxy) is 1. The van der Waals surface area contributed by atoms with Gasteiger partial charge >= 0.3 is 6.18 Å². The molecule has 0 aliphatic carbocycles. The van der Waals surface area contributed by atoms with Crippen molar-refractivity contribution in [1.82, 2.24) is 24.9 Å². The number of morpholine rings is 1. The van der Waals surface area contributed by atoms with Crippen molar-refractivity contribution in [3.63, 3.8) is 0 Å². The molecule has 0 aromatic carbocycles. The van der Waals surface area contributed by atoms with E-state index in [-0.39, 0.29) is 17.5 Å². The molecule has 4 heterocycles. The number of nitrogens with two attached hydrogens (primary N) is 1. The minimum absolute atomic E-state index is 0.0406. The van der Waals surface area contributed by atoms with Crippen LogP contribution in [0.3, 0.4) is 0 Å². The summed E-state index contributed by atoms with van der Waals surface area (Å²) in [6.07, 6.45) is 0.418. The maximum Gasteiger partial charge on any atom is 0.434 e. The van der Waals surface area contributed by atoms with Gasteiger partial charge in [0.15, 0.2) is 11.5 Å². The first-order valence-corrected chi connectivity index (χ1v) is 10.4. The number of alkyl halides is 3. The van der Waals surface area contributed by atoms with Gasteiger partial charge in [-0.15, -0.1) is 0 Å². The molecule has 2 aliphatic rings. The average molecular weight is 438 g/mol. The van der Waals surface area contributed by atoms with Crippen LogP contribution in [-0.4, -0.2) is 63.8 Å². The van der Waals surface area contributed by atoms with Gasteiger partial charge in [-0.25, -0.2) is 9.97 Å². The fourth-order valence-electron chi connectivity index (χ4n) is 3.80. The van der Waals surface area contributed by atoms with E-state index in [1.54, 1.807) is 0 Å². The Hall–Kier alpha value is -2.76. The monoisotopic (exact) mass is 438 g/mol. The summed E-state index contributed by atoms with van der Waals surface area (Å²) >= 11 is 0. The molecular formula is C19H25F3N8O. The van der Waals surface area contributed by atoms with Gasteiger partial charge in [0.1, 0.15) is 0 Å².